The SMILES string of the molecule is COc1ccc(C(=O)N2CCC(CNC(=O)c3c(OC)cccc3OC)CC2)cc1OC. The van der Waals surface area contributed by atoms with E-state index in [1.165, 1.54) is 14.2 Å². The van der Waals surface area contributed by atoms with Crippen molar-refractivity contribution in [3.8, 4) is 23.0 Å². The zero-order valence-corrected chi connectivity index (χ0v) is 19.0. The van der Waals surface area contributed by atoms with Crippen molar-refractivity contribution < 1.29 is 28.5 Å². The molecule has 0 aromatic heterocycles. The molecule has 0 bridgehead atoms. The number of likely N-dealkylation sites (tertiary alicyclic amines) is 1. The molecule has 2 amide bonds. The molecule has 2 aromatic rings. The molecule has 2 aromatic carbocycles. The quantitative estimate of drug-likeness (QED) is 0.676. The summed E-state index contributed by atoms with van der Waals surface area (Å²) >= 11 is 0. The molecule has 8 nitrogen and oxygen atoms in total. The minimum atomic E-state index is -0.233. The molecule has 1 aliphatic rings. The zero-order chi connectivity index (χ0) is 23.1. The molecule has 1 heterocycles. The third-order valence-corrected chi connectivity index (χ3v) is 5.74. The van der Waals surface area contributed by atoms with Gasteiger partial charge in [0.05, 0.1) is 28.4 Å². The number of hydrogen-bond acceptors (Lipinski definition) is 6. The summed E-state index contributed by atoms with van der Waals surface area (Å²) in [6.07, 6.45) is 1.62. The molecule has 0 spiro atoms. The van der Waals surface area contributed by atoms with Crippen molar-refractivity contribution in [2.75, 3.05) is 48.1 Å². The van der Waals surface area contributed by atoms with Crippen LogP contribution in [0.3, 0.4) is 0 Å². The van der Waals surface area contributed by atoms with Crippen molar-refractivity contribution in [1.29, 1.82) is 0 Å². The van der Waals surface area contributed by atoms with Gasteiger partial charge in [0.2, 0.25) is 0 Å². The monoisotopic (exact) mass is 442 g/mol. The van der Waals surface area contributed by atoms with Crippen LogP contribution >= 0.6 is 0 Å². The third kappa shape index (κ3) is 5.07. The fraction of sp³-hybridized carbons (Fsp3) is 0.417. The fourth-order valence-electron chi connectivity index (χ4n) is 3.89. The first-order valence-corrected chi connectivity index (χ1v) is 10.5. The van der Waals surface area contributed by atoms with Crippen molar-refractivity contribution >= 4 is 11.8 Å². The first kappa shape index (κ1) is 23.2. The molecule has 1 aliphatic heterocycles. The van der Waals surface area contributed by atoms with Crippen LogP contribution in [0.2, 0.25) is 0 Å². The Balaban J connectivity index is 1.56. The average molecular weight is 443 g/mol. The van der Waals surface area contributed by atoms with Gasteiger partial charge in [0.15, 0.2) is 11.5 Å². The van der Waals surface area contributed by atoms with E-state index >= 15 is 0 Å². The predicted octanol–water partition coefficient (Wildman–Crippen LogP) is 3.00. The number of hydrogen-bond donors (Lipinski definition) is 1. The molecule has 8 heteroatoms. The van der Waals surface area contributed by atoms with Crippen LogP contribution in [-0.2, 0) is 0 Å². The lowest BCUT2D eigenvalue weighted by Crippen LogP contribution is -2.41. The summed E-state index contributed by atoms with van der Waals surface area (Å²) in [5.74, 6) is 2.08. The average Bonchev–Trinajstić information content (AvgIpc) is 2.85. The summed E-state index contributed by atoms with van der Waals surface area (Å²) in [4.78, 5) is 27.5. The highest BCUT2D eigenvalue weighted by Crippen LogP contribution is 2.30. The van der Waals surface area contributed by atoms with E-state index in [0.717, 1.165) is 12.8 Å². The Morgan fingerprint density at radius 2 is 1.47 bits per heavy atom. The van der Waals surface area contributed by atoms with Gasteiger partial charge >= 0.3 is 0 Å². The van der Waals surface area contributed by atoms with Crippen LogP contribution in [0.5, 0.6) is 23.0 Å². The molecular formula is C24H30N2O6. The normalized spacial score (nSPS) is 13.9. The van der Waals surface area contributed by atoms with Gasteiger partial charge in [-0.2, -0.15) is 0 Å². The van der Waals surface area contributed by atoms with E-state index in [9.17, 15) is 9.59 Å². The highest BCUT2D eigenvalue weighted by Gasteiger charge is 2.26. The lowest BCUT2D eigenvalue weighted by molar-refractivity contribution is 0.0683. The van der Waals surface area contributed by atoms with Gasteiger partial charge in [-0.25, -0.2) is 0 Å². The lowest BCUT2D eigenvalue weighted by atomic mass is 9.96. The standard InChI is InChI=1S/C24H30N2O6/c1-29-18-9-8-17(14-21(18)32-4)24(28)26-12-10-16(11-13-26)15-25-23(27)22-19(30-2)6-5-7-20(22)31-3/h5-9,14,16H,10-13,15H2,1-4H3,(H,25,27). The number of methoxy groups -OCH3 is 4. The van der Waals surface area contributed by atoms with E-state index in [0.29, 0.717) is 53.8 Å². The molecule has 0 atom stereocenters. The zero-order valence-electron chi connectivity index (χ0n) is 19.0. The van der Waals surface area contributed by atoms with Crippen LogP contribution < -0.4 is 24.3 Å². The van der Waals surface area contributed by atoms with Crippen LogP contribution in [0.4, 0.5) is 0 Å². The maximum absolute atomic E-state index is 12.9. The molecule has 0 radical (unpaired) electrons. The Morgan fingerprint density at radius 3 is 2.03 bits per heavy atom. The number of carbonyl (C=O) groups excluding carboxylic acids is 2. The van der Waals surface area contributed by atoms with Gasteiger partial charge in [-0.05, 0) is 49.1 Å². The van der Waals surface area contributed by atoms with Crippen LogP contribution in [0.1, 0.15) is 33.6 Å². The number of piperidine rings is 1. The first-order chi connectivity index (χ1) is 15.5. The Morgan fingerprint density at radius 1 is 0.875 bits per heavy atom. The molecule has 172 valence electrons. The van der Waals surface area contributed by atoms with Crippen LogP contribution in [-0.4, -0.2) is 64.8 Å². The molecular weight excluding hydrogens is 412 g/mol. The van der Waals surface area contributed by atoms with E-state index < -0.39 is 0 Å². The van der Waals surface area contributed by atoms with Crippen molar-refractivity contribution in [3.63, 3.8) is 0 Å². The van der Waals surface area contributed by atoms with E-state index in [1.807, 2.05) is 4.90 Å². The molecule has 3 rings (SSSR count). The number of rotatable bonds is 8. The van der Waals surface area contributed by atoms with Crippen LogP contribution in [0.25, 0.3) is 0 Å². The first-order valence-electron chi connectivity index (χ1n) is 10.5. The maximum Gasteiger partial charge on any atom is 0.258 e. The van der Waals surface area contributed by atoms with E-state index in [-0.39, 0.29) is 17.7 Å². The number of ether oxygens (including phenoxy) is 4. The fourth-order valence-corrected chi connectivity index (χ4v) is 3.89. The van der Waals surface area contributed by atoms with Gasteiger partial charge in [0, 0.05) is 25.2 Å². The van der Waals surface area contributed by atoms with Gasteiger partial charge in [0.1, 0.15) is 17.1 Å². The van der Waals surface area contributed by atoms with Crippen molar-refractivity contribution in [1.82, 2.24) is 10.2 Å². The van der Waals surface area contributed by atoms with E-state index in [1.54, 1.807) is 50.6 Å². The second-order valence-corrected chi connectivity index (χ2v) is 7.55. The number of nitrogens with one attached hydrogen (secondary N) is 1. The van der Waals surface area contributed by atoms with Gasteiger partial charge in [-0.3, -0.25) is 9.59 Å². The summed E-state index contributed by atoms with van der Waals surface area (Å²) in [6, 6.07) is 10.4. The summed E-state index contributed by atoms with van der Waals surface area (Å²) in [7, 11) is 6.16. The van der Waals surface area contributed by atoms with E-state index in [2.05, 4.69) is 5.32 Å². The van der Waals surface area contributed by atoms with Gasteiger partial charge in [-0.1, -0.05) is 6.07 Å². The predicted molar refractivity (Wildman–Crippen MR) is 120 cm³/mol. The summed E-state index contributed by atoms with van der Waals surface area (Å²) in [6.45, 7) is 1.79. The second-order valence-electron chi connectivity index (χ2n) is 7.55. The summed E-state index contributed by atoms with van der Waals surface area (Å²) in [5.41, 5.74) is 0.955. The van der Waals surface area contributed by atoms with Crippen LogP contribution in [0.15, 0.2) is 36.4 Å². The summed E-state index contributed by atoms with van der Waals surface area (Å²) in [5, 5.41) is 2.99. The number of carbonyl (C=O) groups is 2. The molecule has 1 N–H and O–H groups in total. The Kier molecular flexibility index (Phi) is 7.81. The second kappa shape index (κ2) is 10.7. The minimum Gasteiger partial charge on any atom is -0.496 e. The van der Waals surface area contributed by atoms with Gasteiger partial charge in [-0.15, -0.1) is 0 Å². The molecule has 0 saturated carbocycles. The molecule has 1 fully saturated rings. The Labute approximate surface area is 188 Å². The third-order valence-electron chi connectivity index (χ3n) is 5.74. The van der Waals surface area contributed by atoms with Gasteiger partial charge < -0.3 is 29.2 Å². The Hall–Kier alpha value is -3.42. The minimum absolute atomic E-state index is 0.0350. The highest BCUT2D eigenvalue weighted by atomic mass is 16.5. The molecule has 1 saturated heterocycles. The number of nitrogens with zero attached hydrogens (tertiary/aromatic N) is 1. The lowest BCUT2D eigenvalue weighted by Gasteiger charge is -2.32. The van der Waals surface area contributed by atoms with Crippen molar-refractivity contribution in [3.05, 3.63) is 47.5 Å². The van der Waals surface area contributed by atoms with Gasteiger partial charge in [0.25, 0.3) is 11.8 Å². The molecule has 0 unspecified atom stereocenters. The Bertz CT molecular complexity index is 931. The maximum atomic E-state index is 12.9. The number of benzene rings is 2. The van der Waals surface area contributed by atoms with Crippen molar-refractivity contribution in [2.45, 2.75) is 12.8 Å². The molecule has 0 aliphatic carbocycles. The molecule has 32 heavy (non-hydrogen) atoms. The number of amides is 2. The summed E-state index contributed by atoms with van der Waals surface area (Å²) < 4.78 is 21.2. The van der Waals surface area contributed by atoms with Crippen molar-refractivity contribution in [2.24, 2.45) is 5.92 Å². The largest absolute Gasteiger partial charge is 0.496 e. The highest BCUT2D eigenvalue weighted by molar-refractivity contribution is 5.99. The topological polar surface area (TPSA) is 86.3 Å². The van der Waals surface area contributed by atoms with Crippen LogP contribution in [0, 0.1) is 5.92 Å². The smallest absolute Gasteiger partial charge is 0.258 e. The van der Waals surface area contributed by atoms with E-state index in [4.69, 9.17) is 18.9 Å².